The van der Waals surface area contributed by atoms with Crippen LogP contribution in [0.4, 0.5) is 0 Å². The molecule has 7 heteroatoms. The fourth-order valence-corrected chi connectivity index (χ4v) is 9.25. The van der Waals surface area contributed by atoms with Crippen molar-refractivity contribution in [3.63, 3.8) is 0 Å². The number of nitrogens with zero attached hydrogens (tertiary/aromatic N) is 4. The molecular formula is C57H44IrN4O2-2. The molecule has 12 rings (SSSR count). The fraction of sp³-hybridized carbons (Fsp3) is 0.123. The summed E-state index contributed by atoms with van der Waals surface area (Å²) in [5.74, 6) is 2.49. The number of para-hydroxylation sites is 7. The zero-order valence-electron chi connectivity index (χ0n) is 36.2. The second-order valence-electron chi connectivity index (χ2n) is 16.8. The molecular weight excluding hydrogens is 965 g/mol. The Morgan fingerprint density at radius 1 is 0.500 bits per heavy atom. The Kier molecular flexibility index (Phi) is 10.6. The van der Waals surface area contributed by atoms with E-state index in [1.165, 1.54) is 22.4 Å². The van der Waals surface area contributed by atoms with Gasteiger partial charge in [-0.05, 0) is 84.0 Å². The van der Waals surface area contributed by atoms with Crippen LogP contribution in [0.2, 0.25) is 0 Å². The molecule has 0 aliphatic rings. The Labute approximate surface area is 385 Å². The fourth-order valence-electron chi connectivity index (χ4n) is 9.25. The van der Waals surface area contributed by atoms with Crippen LogP contribution in [0.15, 0.2) is 173 Å². The quantitative estimate of drug-likeness (QED) is 0.156. The Balaban J connectivity index is 0.000000151. The average molecular weight is 1010 g/mol. The number of aromatic nitrogens is 4. The van der Waals surface area contributed by atoms with E-state index < -0.39 is 0 Å². The van der Waals surface area contributed by atoms with E-state index in [1.54, 1.807) is 0 Å². The Morgan fingerprint density at radius 2 is 1.11 bits per heavy atom. The van der Waals surface area contributed by atoms with Gasteiger partial charge >= 0.3 is 0 Å². The van der Waals surface area contributed by atoms with E-state index in [0.717, 1.165) is 94.4 Å². The molecule has 0 fully saturated rings. The summed E-state index contributed by atoms with van der Waals surface area (Å²) < 4.78 is 17.0. The molecule has 0 aliphatic carbocycles. The molecule has 0 saturated heterocycles. The number of furan rings is 2. The maximum absolute atomic E-state index is 6.40. The van der Waals surface area contributed by atoms with Gasteiger partial charge in [-0.3, -0.25) is 9.97 Å². The molecule has 0 amide bonds. The molecule has 0 unspecified atom stereocenters. The standard InChI is InChI=1S/C31H27N2O.C26H17N2O.Ir/c1-19(2)21-12-9-13-22(20(3)4)29(21)33-27-17-7-6-16-26(27)32-31(33)25-15-10-14-24-23-11-5-8-18-28(23)34-30(24)25;1-17-21(15-16-24-25(17)19-11-5-8-14-23(19)29-24)28-22-13-7-6-12-20(22)27-26(28)18-9-3-2-4-10-18;/h5-14,16-20H,1-4H3;2-9,11-16H,1H3;/q2*-1;. The summed E-state index contributed by atoms with van der Waals surface area (Å²) in [6.07, 6.45) is 0. The van der Waals surface area contributed by atoms with E-state index in [1.807, 2.05) is 60.7 Å². The largest absolute Gasteiger partial charge is 0.501 e. The smallest absolute Gasteiger partial charge is 0.135 e. The van der Waals surface area contributed by atoms with E-state index in [4.69, 9.17) is 18.8 Å². The first kappa shape index (κ1) is 41.0. The van der Waals surface area contributed by atoms with E-state index in [2.05, 4.69) is 159 Å². The molecule has 0 saturated carbocycles. The number of aryl methyl sites for hydroxylation is 1. The van der Waals surface area contributed by atoms with E-state index in [9.17, 15) is 0 Å². The minimum absolute atomic E-state index is 0. The molecule has 0 N–H and O–H groups in total. The van der Waals surface area contributed by atoms with Crippen molar-refractivity contribution >= 4 is 65.9 Å². The molecule has 12 aromatic rings. The van der Waals surface area contributed by atoms with E-state index in [0.29, 0.717) is 11.8 Å². The first-order valence-corrected chi connectivity index (χ1v) is 21.6. The van der Waals surface area contributed by atoms with Crippen molar-refractivity contribution in [2.24, 2.45) is 0 Å². The van der Waals surface area contributed by atoms with Gasteiger partial charge in [0, 0.05) is 47.6 Å². The van der Waals surface area contributed by atoms with Crippen LogP contribution in [-0.4, -0.2) is 19.1 Å². The summed E-state index contributed by atoms with van der Waals surface area (Å²) in [6, 6.07) is 62.8. The summed E-state index contributed by atoms with van der Waals surface area (Å²) in [4.78, 5) is 10.1. The van der Waals surface area contributed by atoms with Crippen LogP contribution in [0.1, 0.15) is 56.2 Å². The number of rotatable bonds is 6. The van der Waals surface area contributed by atoms with Crippen molar-refractivity contribution in [1.82, 2.24) is 19.1 Å². The van der Waals surface area contributed by atoms with Gasteiger partial charge in [0.05, 0.1) is 39.3 Å². The average Bonchev–Trinajstić information content (AvgIpc) is 4.10. The third-order valence-electron chi connectivity index (χ3n) is 12.2. The van der Waals surface area contributed by atoms with Crippen molar-refractivity contribution in [2.45, 2.75) is 46.5 Å². The Bertz CT molecular complexity index is 3640. The van der Waals surface area contributed by atoms with Gasteiger partial charge in [-0.25, -0.2) is 0 Å². The van der Waals surface area contributed by atoms with Crippen LogP contribution >= 0.6 is 0 Å². The van der Waals surface area contributed by atoms with Crippen molar-refractivity contribution in [3.05, 3.63) is 193 Å². The van der Waals surface area contributed by atoms with Crippen molar-refractivity contribution < 1.29 is 28.9 Å². The predicted molar refractivity (Wildman–Crippen MR) is 258 cm³/mol. The first-order valence-electron chi connectivity index (χ1n) is 21.6. The van der Waals surface area contributed by atoms with Crippen molar-refractivity contribution in [2.75, 3.05) is 0 Å². The molecule has 0 aliphatic heterocycles. The Hall–Kier alpha value is -7.05. The minimum atomic E-state index is 0. The third-order valence-corrected chi connectivity index (χ3v) is 12.2. The second-order valence-corrected chi connectivity index (χ2v) is 16.8. The minimum Gasteiger partial charge on any atom is -0.501 e. The van der Waals surface area contributed by atoms with Gasteiger partial charge in [0.25, 0.3) is 0 Å². The third kappa shape index (κ3) is 6.75. The van der Waals surface area contributed by atoms with Crippen LogP contribution in [-0.2, 0) is 20.1 Å². The Morgan fingerprint density at radius 3 is 1.80 bits per heavy atom. The van der Waals surface area contributed by atoms with Gasteiger partial charge in [0.2, 0.25) is 0 Å². The van der Waals surface area contributed by atoms with Crippen LogP contribution in [0.5, 0.6) is 0 Å². The molecule has 0 bridgehead atoms. The van der Waals surface area contributed by atoms with E-state index >= 15 is 0 Å². The number of hydrogen-bond acceptors (Lipinski definition) is 4. The second kappa shape index (κ2) is 16.6. The van der Waals surface area contributed by atoms with Crippen LogP contribution in [0, 0.1) is 19.1 Å². The maximum atomic E-state index is 6.40. The first-order chi connectivity index (χ1) is 30.9. The monoisotopic (exact) mass is 1010 g/mol. The normalized spacial score (nSPS) is 11.7. The van der Waals surface area contributed by atoms with Crippen LogP contribution < -0.4 is 0 Å². The molecule has 315 valence electrons. The van der Waals surface area contributed by atoms with E-state index in [-0.39, 0.29) is 20.1 Å². The molecule has 1 radical (unpaired) electrons. The number of imidazole rings is 2. The van der Waals surface area contributed by atoms with Gasteiger partial charge in [0.15, 0.2) is 0 Å². The summed E-state index contributed by atoms with van der Waals surface area (Å²) >= 11 is 0. The van der Waals surface area contributed by atoms with Crippen LogP contribution in [0.25, 0.3) is 100 Å². The SMILES string of the molecule is CC(C)c1cccc(C(C)C)c1-n1c(-c2[c-]ccc3c2oc2ccccc23)nc2ccccc21.Cc1c(-n2c(-c3[c-]cccc3)nc3ccccc32)ccc2oc3ccccc3c12.[Ir]. The summed E-state index contributed by atoms with van der Waals surface area (Å²) in [5.41, 5.74) is 15.6. The van der Waals surface area contributed by atoms with Crippen molar-refractivity contribution in [1.29, 1.82) is 0 Å². The molecule has 0 spiro atoms. The zero-order valence-corrected chi connectivity index (χ0v) is 38.6. The molecule has 64 heavy (non-hydrogen) atoms. The van der Waals surface area contributed by atoms with Gasteiger partial charge in [-0.2, -0.15) is 0 Å². The summed E-state index contributed by atoms with van der Waals surface area (Å²) in [6.45, 7) is 11.2. The molecule has 6 nitrogen and oxygen atoms in total. The molecule has 0 atom stereocenters. The zero-order chi connectivity index (χ0) is 42.8. The molecule has 4 heterocycles. The topological polar surface area (TPSA) is 61.9 Å². The molecule has 8 aromatic carbocycles. The molecule has 4 aromatic heterocycles. The van der Waals surface area contributed by atoms with Crippen molar-refractivity contribution in [3.8, 4) is 34.2 Å². The summed E-state index contributed by atoms with van der Waals surface area (Å²) in [5, 5.41) is 4.49. The van der Waals surface area contributed by atoms with Gasteiger partial charge in [-0.15, -0.1) is 54.1 Å². The number of hydrogen-bond donors (Lipinski definition) is 0. The number of benzene rings is 8. The van der Waals surface area contributed by atoms with Crippen LogP contribution in [0.3, 0.4) is 0 Å². The maximum Gasteiger partial charge on any atom is 0.135 e. The predicted octanol–water partition coefficient (Wildman–Crippen LogP) is 15.3. The van der Waals surface area contributed by atoms with Gasteiger partial charge in [-0.1, -0.05) is 118 Å². The number of fused-ring (bicyclic) bond motifs is 8. The van der Waals surface area contributed by atoms with Gasteiger partial charge < -0.3 is 18.0 Å². The summed E-state index contributed by atoms with van der Waals surface area (Å²) in [7, 11) is 0. The van der Waals surface area contributed by atoms with Gasteiger partial charge in [0.1, 0.15) is 16.7 Å².